The molecule has 658 valence electrons. The summed E-state index contributed by atoms with van der Waals surface area (Å²) in [5.74, 6) is -10.8. The number of aliphatic hydroxyl groups is 3. The molecule has 8 fully saturated rings. The van der Waals surface area contributed by atoms with Crippen LogP contribution in [0.5, 0.6) is 0 Å². The van der Waals surface area contributed by atoms with Gasteiger partial charge >= 0.3 is 5.97 Å². The van der Waals surface area contributed by atoms with E-state index in [-0.39, 0.29) is 92.7 Å². The van der Waals surface area contributed by atoms with Crippen LogP contribution in [0.4, 0.5) is 0 Å². The molecule has 2 saturated carbocycles. The number of nitrogens with one attached hydrogen (secondary N) is 16. The zero-order valence-corrected chi connectivity index (χ0v) is 70.5. The Kier molecular flexibility index (Phi) is 35.0. The summed E-state index contributed by atoms with van der Waals surface area (Å²) in [5.41, 5.74) is 6.84. The number of aliphatic carboxylic acids is 1. The molecule has 22 N–H and O–H groups in total. The molecular formula is C81H130N18O17S2. The van der Waals surface area contributed by atoms with Crippen LogP contribution in [0.15, 0.2) is 24.3 Å². The Morgan fingerprint density at radius 3 is 1.68 bits per heavy atom. The first-order valence-electron chi connectivity index (χ1n) is 42.9. The Bertz CT molecular complexity index is 3640. The van der Waals surface area contributed by atoms with Gasteiger partial charge in [0.25, 0.3) is 0 Å². The van der Waals surface area contributed by atoms with Gasteiger partial charge < -0.3 is 116 Å². The predicted octanol–water partition coefficient (Wildman–Crippen LogP) is -2.15. The highest BCUT2D eigenvalue weighted by Crippen LogP contribution is 2.36. The minimum atomic E-state index is -1.75. The molecule has 20 atom stereocenters. The maximum atomic E-state index is 15.5. The third-order valence-electron chi connectivity index (χ3n) is 25.2. The maximum Gasteiger partial charge on any atom is 0.303 e. The number of hydrogen-bond donors (Lipinski definition) is 21. The van der Waals surface area contributed by atoms with Crippen molar-refractivity contribution in [2.75, 3.05) is 57.4 Å². The normalized spacial score (nSPS) is 34.2. The van der Waals surface area contributed by atoms with Crippen LogP contribution in [-0.2, 0) is 73.8 Å². The summed E-state index contributed by atoms with van der Waals surface area (Å²) in [6, 6.07) is -8.41. The third kappa shape index (κ3) is 26.6. The van der Waals surface area contributed by atoms with E-state index < -0.39 is 192 Å². The number of carboxylic acid groups (broad SMARTS) is 1. The Labute approximate surface area is 699 Å². The van der Waals surface area contributed by atoms with Crippen molar-refractivity contribution in [1.29, 1.82) is 0 Å². The molecule has 0 aromatic heterocycles. The molecule has 12 amide bonds. The van der Waals surface area contributed by atoms with E-state index in [2.05, 4.69) is 85.1 Å². The van der Waals surface area contributed by atoms with Crippen LogP contribution in [-0.4, -0.2) is 263 Å². The monoisotopic (exact) mass is 1690 g/mol. The second-order valence-corrected chi connectivity index (χ2v) is 37.3. The molecule has 0 radical (unpaired) electrons. The summed E-state index contributed by atoms with van der Waals surface area (Å²) < 4.78 is 0. The number of hydrogen-bond acceptors (Lipinski definition) is 24. The number of piperidine rings is 2. The second-order valence-electron chi connectivity index (χ2n) is 35.2. The van der Waals surface area contributed by atoms with Crippen molar-refractivity contribution in [3.8, 4) is 0 Å². The highest BCUT2D eigenvalue weighted by Gasteiger charge is 2.48. The van der Waals surface area contributed by atoms with E-state index >= 15 is 33.6 Å². The maximum absolute atomic E-state index is 15.5. The Hall–Kier alpha value is -7.33. The number of thioether (sulfide) groups is 2. The zero-order valence-electron chi connectivity index (χ0n) is 68.9. The van der Waals surface area contributed by atoms with E-state index in [0.29, 0.717) is 101 Å². The molecule has 7 aliphatic heterocycles. The molecule has 1 aromatic rings. The van der Waals surface area contributed by atoms with E-state index in [1.165, 1.54) is 42.3 Å². The molecule has 7 heterocycles. The lowest BCUT2D eigenvalue weighted by Crippen LogP contribution is -2.63. The fraction of sp³-hybridized carbons (Fsp3) is 0.765. The van der Waals surface area contributed by atoms with Crippen LogP contribution in [0.25, 0.3) is 0 Å². The number of primary amides is 1. The number of nitrogens with zero attached hydrogens (tertiary/aromatic N) is 1. The smallest absolute Gasteiger partial charge is 0.303 e. The summed E-state index contributed by atoms with van der Waals surface area (Å²) in [4.78, 5) is 192. The van der Waals surface area contributed by atoms with Crippen LogP contribution < -0.4 is 90.8 Å². The number of carbonyl (C=O) groups excluding carboxylic acids is 12. The summed E-state index contributed by atoms with van der Waals surface area (Å²) in [5, 5.41) is 92.0. The van der Waals surface area contributed by atoms with Crippen molar-refractivity contribution >= 4 is 100 Å². The molecule has 2 aliphatic carbocycles. The average Bonchev–Trinajstić information content (AvgIpc) is 1.65. The molecule has 7 unspecified atom stereocenters. The number of aliphatic hydroxyl groups excluding tert-OH is 3. The van der Waals surface area contributed by atoms with Gasteiger partial charge in [0.2, 0.25) is 70.9 Å². The number of carbonyl (C=O) groups is 13. The van der Waals surface area contributed by atoms with Crippen molar-refractivity contribution in [2.24, 2.45) is 46.7 Å². The largest absolute Gasteiger partial charge is 0.481 e. The molecule has 1 aromatic carbocycles. The summed E-state index contributed by atoms with van der Waals surface area (Å²) >= 11 is 2.79. The van der Waals surface area contributed by atoms with Gasteiger partial charge in [-0.2, -0.15) is 23.5 Å². The first-order chi connectivity index (χ1) is 56.4. The number of rotatable bonds is 15. The average molecular weight is 1690 g/mol. The molecule has 10 rings (SSSR count). The number of carboxylic acids is 1. The van der Waals surface area contributed by atoms with Gasteiger partial charge in [-0.25, -0.2) is 0 Å². The van der Waals surface area contributed by atoms with E-state index in [9.17, 15) is 49.2 Å². The summed E-state index contributed by atoms with van der Waals surface area (Å²) in [6.07, 6.45) is 3.87. The first kappa shape index (κ1) is 92.9. The Morgan fingerprint density at radius 1 is 0.551 bits per heavy atom. The fourth-order valence-corrected chi connectivity index (χ4v) is 20.4. The quantitative estimate of drug-likeness (QED) is 0.0890. The SMILES string of the molecule is C[C@@H](O)[C@@H]1NC(=O)[C@H](C2CCCCC2)NC(=O)[C@H](CC2CNC3NCCCC23)NC(=O)[C@H](CC2CNCN2)NC(=O)[C@H](CCC(=O)O)NC(=O)[C@H](CC2CNC3NCCCC23)NC(=O)[C@H]([C@@H](C)O)NC(=O)[C@@H]2CCCN2C(=O)[C@H](CC2CCC(O)CC2)NC(=O)[C@H](C(C)(C)C)NC(=O)CCSCc2cccc(c2)CSC[C@@H](C(N)=O)NC1=O. The van der Waals surface area contributed by atoms with Crippen molar-refractivity contribution in [2.45, 2.75) is 291 Å². The highest BCUT2D eigenvalue weighted by molar-refractivity contribution is 7.98. The molecule has 0 spiro atoms. The lowest BCUT2D eigenvalue weighted by Gasteiger charge is -2.35. The second kappa shape index (κ2) is 44.5. The van der Waals surface area contributed by atoms with Gasteiger partial charge in [-0.1, -0.05) is 64.3 Å². The van der Waals surface area contributed by atoms with Crippen LogP contribution in [0, 0.1) is 40.9 Å². The zero-order chi connectivity index (χ0) is 84.9. The highest BCUT2D eigenvalue weighted by atomic mass is 32.2. The lowest BCUT2D eigenvalue weighted by atomic mass is 9.82. The minimum absolute atomic E-state index is 0.00331. The van der Waals surface area contributed by atoms with Crippen molar-refractivity contribution in [3.05, 3.63) is 35.4 Å². The Balaban J connectivity index is 0.965. The number of nitrogens with two attached hydrogens (primary N) is 1. The predicted molar refractivity (Wildman–Crippen MR) is 441 cm³/mol. The molecule has 118 heavy (non-hydrogen) atoms. The van der Waals surface area contributed by atoms with Crippen molar-refractivity contribution < 1.29 is 82.8 Å². The van der Waals surface area contributed by atoms with Gasteiger partial charge in [0, 0.05) is 61.7 Å². The number of benzene rings is 1. The molecule has 35 nitrogen and oxygen atoms in total. The van der Waals surface area contributed by atoms with Crippen molar-refractivity contribution in [1.82, 2.24) is 90.0 Å². The van der Waals surface area contributed by atoms with Crippen LogP contribution in [0.2, 0.25) is 0 Å². The van der Waals surface area contributed by atoms with Gasteiger partial charge in [0.05, 0.1) is 30.6 Å². The minimum Gasteiger partial charge on any atom is -0.481 e. The van der Waals surface area contributed by atoms with Crippen LogP contribution >= 0.6 is 23.5 Å². The fourth-order valence-electron chi connectivity index (χ4n) is 18.5. The molecule has 2 bridgehead atoms. The summed E-state index contributed by atoms with van der Waals surface area (Å²) in [6.45, 7) is 11.0. The molecule has 37 heteroatoms. The third-order valence-corrected chi connectivity index (χ3v) is 27.3. The van der Waals surface area contributed by atoms with Gasteiger partial charge in [0.1, 0.15) is 66.5 Å². The van der Waals surface area contributed by atoms with Gasteiger partial charge in [-0.15, -0.1) is 0 Å². The first-order valence-corrected chi connectivity index (χ1v) is 45.2. The van der Waals surface area contributed by atoms with Crippen LogP contribution in [0.3, 0.4) is 0 Å². The topological polar surface area (TPSA) is 525 Å². The molecular weight excluding hydrogens is 1560 g/mol. The Morgan fingerprint density at radius 2 is 1.10 bits per heavy atom. The van der Waals surface area contributed by atoms with Crippen molar-refractivity contribution in [3.63, 3.8) is 0 Å². The van der Waals surface area contributed by atoms with Crippen LogP contribution in [0.1, 0.15) is 187 Å². The number of amides is 12. The molecule has 9 aliphatic rings. The van der Waals surface area contributed by atoms with E-state index in [4.69, 9.17) is 5.73 Å². The molecule has 6 saturated heterocycles. The van der Waals surface area contributed by atoms with E-state index in [1.807, 2.05) is 24.3 Å². The van der Waals surface area contributed by atoms with Gasteiger partial charge in [-0.3, -0.25) is 62.3 Å². The van der Waals surface area contributed by atoms with E-state index in [0.717, 1.165) is 56.3 Å². The van der Waals surface area contributed by atoms with Gasteiger partial charge in [-0.05, 0) is 201 Å². The van der Waals surface area contributed by atoms with Gasteiger partial charge in [0.15, 0.2) is 0 Å². The lowest BCUT2D eigenvalue weighted by molar-refractivity contribution is -0.144. The number of fused-ring (bicyclic) bond motifs is 5. The van der Waals surface area contributed by atoms with E-state index in [1.54, 1.807) is 20.8 Å². The summed E-state index contributed by atoms with van der Waals surface area (Å²) in [7, 11) is 0. The standard InChI is InChI=1S/C81H130N18O17S2/c1-43(100)64-76(112)92-56(33-49-36-86-69-53(49)17-10-27-84-69)72(108)89-55(24-25-63(104)105)71(107)91-58(35-51-38-83-42-88-51)73(109)90-57(34-50-37-87-70-54(50)18-11-28-85-70)74(110)98-66(48-15-7-6-8-16-48)78(114)97-65(44(2)101)77(113)94-60(68(82)106)41-118-40-47-14-9-13-46(31-47)39-117-30-26-62(103)95-67(81(3,4)5)79(115)93-59(32-45-20-22-52(102)23-21-45)80(116)99-29-12-19-61(99)75(111)96-64/h9,13-14,31,43-45,48-61,64-67,69-70,83-88,100-102H,6-8,10-12,15-30,32-42H2,1-5H3,(H2,82,106)(H,89,108)(H,90,109)(H,91,107)(H,92,112)(H,93,115)(H,94,113)(H,95,103)(H,96,111)(H,97,114)(H,98,110)(H,104,105)/t43-,44-,45?,49?,50?,51?,52?,53?,54?,55+,56+,57+,58+,59+,60+,61+,64+,65+,66+,67-,69?,70?/m1/s1.